The minimum absolute atomic E-state index is 0.0451. The molecule has 2 N–H and O–H groups in total. The average Bonchev–Trinajstić information content (AvgIpc) is 3.02. The topological polar surface area (TPSA) is 77.8 Å². The summed E-state index contributed by atoms with van der Waals surface area (Å²) in [5.74, 6) is 0.998. The lowest BCUT2D eigenvalue weighted by Gasteiger charge is -2.22. The molecule has 0 aliphatic carbocycles. The van der Waals surface area contributed by atoms with E-state index in [9.17, 15) is 14.7 Å². The van der Waals surface area contributed by atoms with E-state index in [1.54, 1.807) is 11.8 Å². The third-order valence-electron chi connectivity index (χ3n) is 4.93. The van der Waals surface area contributed by atoms with Gasteiger partial charge in [-0.1, -0.05) is 43.3 Å². The molecule has 1 saturated heterocycles. The van der Waals surface area contributed by atoms with Gasteiger partial charge < -0.3 is 15.1 Å². The van der Waals surface area contributed by atoms with E-state index in [2.05, 4.69) is 19.1 Å². The maximum Gasteiger partial charge on any atom is 0.303 e. The summed E-state index contributed by atoms with van der Waals surface area (Å²) >= 11 is 1.69. The van der Waals surface area contributed by atoms with Gasteiger partial charge in [-0.15, -0.1) is 0 Å². The molecule has 0 bridgehead atoms. The van der Waals surface area contributed by atoms with Gasteiger partial charge in [0.2, 0.25) is 5.91 Å². The highest BCUT2D eigenvalue weighted by Gasteiger charge is 2.28. The Balaban J connectivity index is 1.78. The molecule has 1 aromatic carbocycles. The van der Waals surface area contributed by atoms with Crippen LogP contribution in [0.2, 0.25) is 0 Å². The van der Waals surface area contributed by atoms with Crippen LogP contribution in [0, 0.1) is 0 Å². The van der Waals surface area contributed by atoms with Gasteiger partial charge in [0.25, 0.3) is 0 Å². The van der Waals surface area contributed by atoms with Crippen LogP contribution in [0.4, 0.5) is 0 Å². The lowest BCUT2D eigenvalue weighted by Crippen LogP contribution is -2.34. The molecular formula is C22H31NO4S. The highest BCUT2D eigenvalue weighted by atomic mass is 32.2. The molecule has 0 spiro atoms. The maximum atomic E-state index is 12.1. The summed E-state index contributed by atoms with van der Waals surface area (Å²) in [4.78, 5) is 24.5. The predicted octanol–water partition coefficient (Wildman–Crippen LogP) is 3.30. The van der Waals surface area contributed by atoms with Crippen LogP contribution in [-0.2, 0) is 22.4 Å². The number of carboxylic acid groups (broad SMARTS) is 1. The first-order valence-electron chi connectivity index (χ1n) is 10.0. The van der Waals surface area contributed by atoms with E-state index in [1.807, 2.05) is 29.2 Å². The van der Waals surface area contributed by atoms with Crippen molar-refractivity contribution < 1.29 is 19.8 Å². The smallest absolute Gasteiger partial charge is 0.303 e. The van der Waals surface area contributed by atoms with Crippen LogP contribution < -0.4 is 0 Å². The summed E-state index contributed by atoms with van der Waals surface area (Å²) in [7, 11) is 0. The van der Waals surface area contributed by atoms with E-state index in [0.717, 1.165) is 29.9 Å². The van der Waals surface area contributed by atoms with Crippen molar-refractivity contribution in [2.45, 2.75) is 57.6 Å². The summed E-state index contributed by atoms with van der Waals surface area (Å²) in [6, 6.07) is 8.32. The number of carbonyl (C=O) groups is 2. The Hall–Kier alpha value is -1.79. The Labute approximate surface area is 171 Å². The molecule has 2 rings (SSSR count). The molecule has 0 unspecified atom stereocenters. The number of hydrogen-bond donors (Lipinski definition) is 2. The summed E-state index contributed by atoms with van der Waals surface area (Å²) < 4.78 is 0. The molecule has 2 atom stereocenters. The van der Waals surface area contributed by atoms with Gasteiger partial charge in [0.1, 0.15) is 0 Å². The first kappa shape index (κ1) is 22.5. The first-order chi connectivity index (χ1) is 13.5. The third kappa shape index (κ3) is 7.68. The van der Waals surface area contributed by atoms with Gasteiger partial charge in [-0.05, 0) is 36.1 Å². The minimum Gasteiger partial charge on any atom is -0.481 e. The van der Waals surface area contributed by atoms with Crippen LogP contribution in [0.15, 0.2) is 36.4 Å². The van der Waals surface area contributed by atoms with Crippen molar-refractivity contribution in [3.63, 3.8) is 0 Å². The molecule has 1 heterocycles. The molecule has 1 aliphatic heterocycles. The van der Waals surface area contributed by atoms with Crippen LogP contribution in [0.25, 0.3) is 0 Å². The molecule has 1 aromatic rings. The zero-order valence-corrected chi connectivity index (χ0v) is 17.4. The van der Waals surface area contributed by atoms with Gasteiger partial charge in [0.15, 0.2) is 0 Å². The Morgan fingerprint density at radius 2 is 2.14 bits per heavy atom. The Kier molecular flexibility index (Phi) is 9.58. The summed E-state index contributed by atoms with van der Waals surface area (Å²) in [5.41, 5.74) is 2.38. The standard InChI is InChI=1S/C22H31NO4S/c1-2-17-5-3-6-18(15-17)16-20(24)10-8-19-9-11-21(25)23(19)12-14-28-13-4-7-22(26)27/h3,5-6,8,10,15,19-20,24H,2,4,7,9,11-14,16H2,1H3,(H,26,27)/t19-,20+/m0/s1. The highest BCUT2D eigenvalue weighted by Crippen LogP contribution is 2.21. The number of aryl methyl sites for hydroxylation is 1. The summed E-state index contributed by atoms with van der Waals surface area (Å²) in [6.45, 7) is 2.78. The fourth-order valence-electron chi connectivity index (χ4n) is 3.38. The van der Waals surface area contributed by atoms with Gasteiger partial charge in [-0.25, -0.2) is 0 Å². The van der Waals surface area contributed by atoms with Gasteiger partial charge in [-0.2, -0.15) is 11.8 Å². The number of aliphatic hydroxyl groups is 1. The molecule has 6 heteroatoms. The van der Waals surface area contributed by atoms with Crippen molar-refractivity contribution in [2.24, 2.45) is 0 Å². The molecular weight excluding hydrogens is 374 g/mol. The third-order valence-corrected chi connectivity index (χ3v) is 5.98. The SMILES string of the molecule is CCc1cccc(C[C@H](O)C=C[C@H]2CCC(=O)N2CCSCCCC(=O)O)c1. The van der Waals surface area contributed by atoms with Crippen molar-refractivity contribution >= 4 is 23.6 Å². The number of hydrogen-bond acceptors (Lipinski definition) is 4. The number of carboxylic acids is 1. The normalized spacial score (nSPS) is 18.1. The Bertz CT molecular complexity index is 676. The van der Waals surface area contributed by atoms with Crippen molar-refractivity contribution in [1.82, 2.24) is 4.90 Å². The fourth-order valence-corrected chi connectivity index (χ4v) is 4.26. The molecule has 5 nitrogen and oxygen atoms in total. The number of benzene rings is 1. The molecule has 1 aliphatic rings. The van der Waals surface area contributed by atoms with Crippen molar-refractivity contribution in [1.29, 1.82) is 0 Å². The highest BCUT2D eigenvalue weighted by molar-refractivity contribution is 7.99. The van der Waals surface area contributed by atoms with Crippen molar-refractivity contribution in [3.05, 3.63) is 47.5 Å². The fraction of sp³-hybridized carbons (Fsp3) is 0.545. The van der Waals surface area contributed by atoms with E-state index in [0.29, 0.717) is 25.8 Å². The van der Waals surface area contributed by atoms with E-state index in [4.69, 9.17) is 5.11 Å². The van der Waals surface area contributed by atoms with Crippen LogP contribution >= 0.6 is 11.8 Å². The molecule has 0 aromatic heterocycles. The molecule has 154 valence electrons. The quantitative estimate of drug-likeness (QED) is 0.412. The molecule has 0 radical (unpaired) electrons. The largest absolute Gasteiger partial charge is 0.481 e. The van der Waals surface area contributed by atoms with E-state index in [-0.39, 0.29) is 18.4 Å². The lowest BCUT2D eigenvalue weighted by molar-refractivity contribution is -0.137. The second kappa shape index (κ2) is 11.9. The van der Waals surface area contributed by atoms with Crippen LogP contribution in [0.5, 0.6) is 0 Å². The number of aliphatic hydroxyl groups excluding tert-OH is 1. The van der Waals surface area contributed by atoms with Crippen LogP contribution in [-0.4, -0.2) is 57.2 Å². The second-order valence-corrected chi connectivity index (χ2v) is 8.36. The van der Waals surface area contributed by atoms with Gasteiger partial charge in [0.05, 0.1) is 12.1 Å². The van der Waals surface area contributed by atoms with Gasteiger partial charge in [-0.3, -0.25) is 9.59 Å². The maximum absolute atomic E-state index is 12.1. The lowest BCUT2D eigenvalue weighted by atomic mass is 10.0. The monoisotopic (exact) mass is 405 g/mol. The number of rotatable bonds is 12. The number of likely N-dealkylation sites (tertiary alicyclic amines) is 1. The number of amides is 1. The zero-order chi connectivity index (χ0) is 20.4. The number of carbonyl (C=O) groups excluding carboxylic acids is 1. The van der Waals surface area contributed by atoms with Crippen LogP contribution in [0.1, 0.15) is 43.7 Å². The van der Waals surface area contributed by atoms with E-state index in [1.165, 1.54) is 5.56 Å². The Morgan fingerprint density at radius 1 is 1.36 bits per heavy atom. The van der Waals surface area contributed by atoms with E-state index < -0.39 is 12.1 Å². The van der Waals surface area contributed by atoms with Crippen LogP contribution in [0.3, 0.4) is 0 Å². The summed E-state index contributed by atoms with van der Waals surface area (Å²) in [5, 5.41) is 19.0. The zero-order valence-electron chi connectivity index (χ0n) is 16.5. The molecule has 0 saturated carbocycles. The average molecular weight is 406 g/mol. The van der Waals surface area contributed by atoms with E-state index >= 15 is 0 Å². The number of thioether (sulfide) groups is 1. The predicted molar refractivity (Wildman–Crippen MR) is 114 cm³/mol. The molecule has 1 fully saturated rings. The second-order valence-electron chi connectivity index (χ2n) is 7.13. The molecule has 1 amide bonds. The number of aliphatic carboxylic acids is 1. The van der Waals surface area contributed by atoms with Crippen molar-refractivity contribution in [3.8, 4) is 0 Å². The first-order valence-corrected chi connectivity index (χ1v) is 11.2. The van der Waals surface area contributed by atoms with Gasteiger partial charge >= 0.3 is 5.97 Å². The van der Waals surface area contributed by atoms with Crippen molar-refractivity contribution in [2.75, 3.05) is 18.1 Å². The summed E-state index contributed by atoms with van der Waals surface area (Å²) in [6.07, 6.45) is 6.96. The Morgan fingerprint density at radius 3 is 2.89 bits per heavy atom. The van der Waals surface area contributed by atoms with Gasteiger partial charge in [0, 0.05) is 31.6 Å². The number of nitrogens with zero attached hydrogens (tertiary/aromatic N) is 1. The molecule has 28 heavy (non-hydrogen) atoms. The minimum atomic E-state index is -0.763.